The fourth-order valence-electron chi connectivity index (χ4n) is 7.05. The number of fused-ring (bicyclic) bond motifs is 6. The molecule has 10 aromatic rings. The molecule has 2 nitrogen and oxygen atoms in total. The highest BCUT2D eigenvalue weighted by atomic mass is 79.9. The molecule has 54 heavy (non-hydrogen) atoms. The molecule has 0 heterocycles. The smallest absolute Gasteiger partial charge is 0.537 e. The highest BCUT2D eigenvalue weighted by Crippen LogP contribution is 2.42. The Morgan fingerprint density at radius 2 is 0.685 bits per heavy atom. The molecule has 0 aromatic heterocycles. The Balaban J connectivity index is 0.000000123. The van der Waals surface area contributed by atoms with Crippen molar-refractivity contribution < 1.29 is 9.68 Å². The minimum absolute atomic E-state index is 0.640. The van der Waals surface area contributed by atoms with Crippen molar-refractivity contribution in [3.63, 3.8) is 0 Å². The van der Waals surface area contributed by atoms with Crippen LogP contribution in [0.2, 0.25) is 0 Å². The maximum absolute atomic E-state index is 8.44. The Hall–Kier alpha value is -4.98. The summed E-state index contributed by atoms with van der Waals surface area (Å²) >= 11 is 11.2. The summed E-state index contributed by atoms with van der Waals surface area (Å²) in [6, 6.07) is 63.0. The second-order valence-corrected chi connectivity index (χ2v) is 15.2. The van der Waals surface area contributed by atoms with Crippen LogP contribution in [0.3, 0.4) is 0 Å². The van der Waals surface area contributed by atoms with E-state index in [9.17, 15) is 0 Å². The molecule has 0 aliphatic heterocycles. The molecule has 0 spiro atoms. The Kier molecular flexibility index (Phi) is 10.8. The summed E-state index contributed by atoms with van der Waals surface area (Å²) in [7, 11) is 0.685. The summed E-state index contributed by atoms with van der Waals surface area (Å²) < 4.78 is 8.35. The molecule has 1 radical (unpaired) electrons. The van der Waals surface area contributed by atoms with Crippen molar-refractivity contribution in [1.82, 2.24) is 0 Å². The van der Waals surface area contributed by atoms with E-state index in [4.69, 9.17) is 9.68 Å². The monoisotopic (exact) mass is 887 g/mol. The molecular formula is C48H31BBr3O2. The van der Waals surface area contributed by atoms with Crippen LogP contribution in [0.5, 0.6) is 5.75 Å². The summed E-state index contributed by atoms with van der Waals surface area (Å²) in [4.78, 5) is 0. The Morgan fingerprint density at radius 1 is 0.352 bits per heavy atom. The lowest BCUT2D eigenvalue weighted by atomic mass is 9.91. The number of benzene rings is 10. The zero-order valence-corrected chi connectivity index (χ0v) is 33.6. The molecule has 1 N–H and O–H groups in total. The van der Waals surface area contributed by atoms with Gasteiger partial charge in [-0.2, -0.15) is 0 Å². The number of halogens is 3. The van der Waals surface area contributed by atoms with Crippen molar-refractivity contribution in [3.05, 3.63) is 195 Å². The van der Waals surface area contributed by atoms with Crippen LogP contribution in [0.4, 0.5) is 0 Å². The fourth-order valence-corrected chi connectivity index (χ4v) is 9.13. The highest BCUT2D eigenvalue weighted by Gasteiger charge is 2.14. The summed E-state index contributed by atoms with van der Waals surface area (Å²) in [5.74, 6) is 0.640. The summed E-state index contributed by atoms with van der Waals surface area (Å²) in [6.07, 6.45) is 0. The van der Waals surface area contributed by atoms with Crippen LogP contribution in [-0.4, -0.2) is 12.7 Å². The van der Waals surface area contributed by atoms with Crippen molar-refractivity contribution in [3.8, 4) is 16.9 Å². The molecule has 0 bridgehead atoms. The second kappa shape index (κ2) is 16.2. The minimum atomic E-state index is 0.640. The second-order valence-electron chi connectivity index (χ2n) is 12.8. The first kappa shape index (κ1) is 36.0. The molecule has 0 aliphatic rings. The molecule has 0 saturated carbocycles. The molecule has 0 amide bonds. The lowest BCUT2D eigenvalue weighted by molar-refractivity contribution is 0.454. The van der Waals surface area contributed by atoms with E-state index in [1.54, 1.807) is 0 Å². The Morgan fingerprint density at radius 3 is 1.11 bits per heavy atom. The molecule has 0 fully saturated rings. The zero-order chi connectivity index (χ0) is 37.0. The van der Waals surface area contributed by atoms with Crippen molar-refractivity contribution in [1.29, 1.82) is 0 Å². The van der Waals surface area contributed by atoms with Gasteiger partial charge in [-0.25, -0.2) is 0 Å². The van der Waals surface area contributed by atoms with Gasteiger partial charge in [-0.05, 0) is 142 Å². The third kappa shape index (κ3) is 7.15. The van der Waals surface area contributed by atoms with Gasteiger partial charge < -0.3 is 9.68 Å². The fraction of sp³-hybridized carbons (Fsp3) is 0. The van der Waals surface area contributed by atoms with Crippen molar-refractivity contribution in [2.45, 2.75) is 0 Å². The van der Waals surface area contributed by atoms with Crippen molar-refractivity contribution in [2.75, 3.05) is 0 Å². The Labute approximate surface area is 339 Å². The molecule has 6 heteroatoms. The molecule has 0 atom stereocenters. The van der Waals surface area contributed by atoms with E-state index in [1.165, 1.54) is 78.4 Å². The first-order valence-corrected chi connectivity index (χ1v) is 19.8. The SMILES string of the molecule is Brc1c2ccccc2c(-c2ccc3ccccc3c2)c2ccccc12.Brc1c2ccccc2c(Br)c2ccccc12.O[B]Oc1ccc2ccccc2c1. The first-order valence-electron chi connectivity index (χ1n) is 17.5. The topological polar surface area (TPSA) is 29.5 Å². The van der Waals surface area contributed by atoms with Crippen molar-refractivity contribution >= 4 is 120 Å². The van der Waals surface area contributed by atoms with Gasteiger partial charge in [-0.1, -0.05) is 164 Å². The van der Waals surface area contributed by atoms with Gasteiger partial charge in [-0.3, -0.25) is 0 Å². The average molecular weight is 890 g/mol. The molecule has 0 aliphatic carbocycles. The van der Waals surface area contributed by atoms with Gasteiger partial charge >= 0.3 is 7.69 Å². The standard InChI is InChI=1S/C24H15Br.C14H8Br2.C10H8BO2/c25-24-21-11-5-3-9-19(21)23(20-10-4-6-12-22(20)24)18-14-13-16-7-1-2-8-17(16)15-18;15-13-9-5-1-2-6-10(9)14(16)12-8-4-3-7-11(12)13;12-11-13-10-6-5-8-3-1-2-4-9(8)7-10/h1-15H;1-8H;1-7,12H. The summed E-state index contributed by atoms with van der Waals surface area (Å²) in [5, 5.41) is 23.3. The van der Waals surface area contributed by atoms with Crippen LogP contribution in [0.25, 0.3) is 75.8 Å². The molecule has 10 aromatic carbocycles. The van der Waals surface area contributed by atoms with E-state index in [2.05, 4.69) is 187 Å². The molecular weight excluding hydrogens is 859 g/mol. The van der Waals surface area contributed by atoms with Gasteiger partial charge in [0.15, 0.2) is 0 Å². The lowest BCUT2D eigenvalue weighted by Crippen LogP contribution is -1.99. The maximum atomic E-state index is 8.44. The normalized spacial score (nSPS) is 11.0. The van der Waals surface area contributed by atoms with E-state index < -0.39 is 0 Å². The van der Waals surface area contributed by atoms with Crippen LogP contribution in [0.1, 0.15) is 0 Å². The molecule has 10 rings (SSSR count). The van der Waals surface area contributed by atoms with Gasteiger partial charge in [-0.15, -0.1) is 0 Å². The molecule has 0 saturated heterocycles. The largest absolute Gasteiger partial charge is 0.569 e. The van der Waals surface area contributed by atoms with Gasteiger partial charge in [0.2, 0.25) is 0 Å². The molecule has 0 unspecified atom stereocenters. The Bertz CT molecular complexity index is 2790. The zero-order valence-electron chi connectivity index (χ0n) is 28.9. The number of hydrogen-bond acceptors (Lipinski definition) is 2. The van der Waals surface area contributed by atoms with Crippen LogP contribution >= 0.6 is 47.8 Å². The quantitative estimate of drug-likeness (QED) is 0.141. The first-order chi connectivity index (χ1) is 26.5. The van der Waals surface area contributed by atoms with Crippen LogP contribution < -0.4 is 4.65 Å². The summed E-state index contributed by atoms with van der Waals surface area (Å²) in [6.45, 7) is 0. The van der Waals surface area contributed by atoms with Crippen LogP contribution in [0, 0.1) is 0 Å². The van der Waals surface area contributed by atoms with E-state index in [1.807, 2.05) is 42.5 Å². The number of hydrogen-bond donors (Lipinski definition) is 1. The predicted octanol–water partition coefficient (Wildman–Crippen LogP) is 14.8. The van der Waals surface area contributed by atoms with Crippen LogP contribution in [-0.2, 0) is 0 Å². The van der Waals surface area contributed by atoms with E-state index >= 15 is 0 Å². The molecule has 259 valence electrons. The predicted molar refractivity (Wildman–Crippen MR) is 241 cm³/mol. The third-order valence-corrected chi connectivity index (χ3v) is 12.2. The third-order valence-electron chi connectivity index (χ3n) is 9.61. The van der Waals surface area contributed by atoms with Crippen LogP contribution in [0.15, 0.2) is 195 Å². The van der Waals surface area contributed by atoms with Gasteiger partial charge in [0.25, 0.3) is 0 Å². The summed E-state index contributed by atoms with van der Waals surface area (Å²) in [5.41, 5.74) is 2.57. The van der Waals surface area contributed by atoms with E-state index in [-0.39, 0.29) is 0 Å². The average Bonchev–Trinajstić information content (AvgIpc) is 3.23. The lowest BCUT2D eigenvalue weighted by Gasteiger charge is -2.15. The van der Waals surface area contributed by atoms with Gasteiger partial charge in [0, 0.05) is 13.4 Å². The number of rotatable bonds is 3. The highest BCUT2D eigenvalue weighted by molar-refractivity contribution is 9.11. The van der Waals surface area contributed by atoms with Crippen molar-refractivity contribution in [2.24, 2.45) is 0 Å². The van der Waals surface area contributed by atoms with E-state index in [0.29, 0.717) is 13.4 Å². The van der Waals surface area contributed by atoms with Gasteiger partial charge in [0.1, 0.15) is 5.75 Å². The van der Waals surface area contributed by atoms with E-state index in [0.717, 1.165) is 10.8 Å². The van der Waals surface area contributed by atoms with Gasteiger partial charge in [0.05, 0.1) is 0 Å². The minimum Gasteiger partial charge on any atom is -0.537 e. The maximum Gasteiger partial charge on any atom is 0.569 e.